The quantitative estimate of drug-likeness (QED) is 0.586. The highest BCUT2D eigenvalue weighted by Crippen LogP contribution is 2.19. The lowest BCUT2D eigenvalue weighted by Crippen LogP contribution is -1.81. The Kier molecular flexibility index (Phi) is 1.93. The van der Waals surface area contributed by atoms with Gasteiger partial charge in [0.15, 0.2) is 4.71 Å². The molecule has 0 radical (unpaired) electrons. The molecule has 13 heavy (non-hydrogen) atoms. The fourth-order valence-corrected chi connectivity index (χ4v) is 1.49. The summed E-state index contributed by atoms with van der Waals surface area (Å²) in [5.41, 5.74) is 3.38. The first-order chi connectivity index (χ1) is 6.16. The van der Waals surface area contributed by atoms with Crippen molar-refractivity contribution in [2.45, 2.75) is 13.8 Å². The highest BCUT2D eigenvalue weighted by molar-refractivity contribution is 7.71. The van der Waals surface area contributed by atoms with E-state index in [1.807, 2.05) is 18.2 Å². The molecule has 1 aromatic carbocycles. The Bertz CT molecular complexity index is 511. The van der Waals surface area contributed by atoms with Crippen LogP contribution in [0.1, 0.15) is 11.1 Å². The van der Waals surface area contributed by atoms with Crippen LogP contribution in [-0.4, -0.2) is 0 Å². The Hall–Kier alpha value is -1.15. The van der Waals surface area contributed by atoms with E-state index in [0.717, 1.165) is 11.0 Å². The molecule has 0 saturated carbocycles. The van der Waals surface area contributed by atoms with Crippen molar-refractivity contribution >= 4 is 23.2 Å². The molecule has 2 aromatic rings. The van der Waals surface area contributed by atoms with Gasteiger partial charge < -0.3 is 4.42 Å². The molecule has 2 rings (SSSR count). The third kappa shape index (κ3) is 1.49. The van der Waals surface area contributed by atoms with Crippen molar-refractivity contribution in [2.75, 3.05) is 0 Å². The summed E-state index contributed by atoms with van der Waals surface area (Å²) in [5, 5.41) is 1.11. The van der Waals surface area contributed by atoms with Crippen molar-refractivity contribution in [1.29, 1.82) is 0 Å². The molecule has 0 amide bonds. The minimum atomic E-state index is 0.538. The lowest BCUT2D eigenvalue weighted by molar-refractivity contribution is 0.586. The van der Waals surface area contributed by atoms with Crippen LogP contribution in [0.15, 0.2) is 28.7 Å². The summed E-state index contributed by atoms with van der Waals surface area (Å²) in [5.74, 6) is 0. The maximum absolute atomic E-state index is 5.41. The second-order valence-corrected chi connectivity index (χ2v) is 3.63. The molecule has 0 aliphatic heterocycles. The number of fused-ring (bicyclic) bond motifs is 1. The van der Waals surface area contributed by atoms with Gasteiger partial charge in [0, 0.05) is 5.39 Å². The molecule has 0 saturated heterocycles. The van der Waals surface area contributed by atoms with E-state index in [-0.39, 0.29) is 0 Å². The van der Waals surface area contributed by atoms with Gasteiger partial charge in [0.05, 0.1) is 0 Å². The normalized spacial score (nSPS) is 10.6. The van der Waals surface area contributed by atoms with Crippen molar-refractivity contribution < 1.29 is 4.42 Å². The van der Waals surface area contributed by atoms with Crippen molar-refractivity contribution in [3.63, 3.8) is 0 Å². The largest absolute Gasteiger partial charge is 0.445 e. The first-order valence-corrected chi connectivity index (χ1v) is 4.59. The molecule has 0 aliphatic carbocycles. The van der Waals surface area contributed by atoms with E-state index in [9.17, 15) is 0 Å². The van der Waals surface area contributed by atoms with Gasteiger partial charge in [-0.15, -0.1) is 0 Å². The molecule has 0 atom stereocenters. The Balaban J connectivity index is 2.89. The van der Waals surface area contributed by atoms with Gasteiger partial charge in [0.25, 0.3) is 0 Å². The average Bonchev–Trinajstić information content (AvgIpc) is 2.08. The first-order valence-electron chi connectivity index (χ1n) is 4.18. The molecule has 0 bridgehead atoms. The number of hydrogen-bond acceptors (Lipinski definition) is 2. The Labute approximate surface area is 82.0 Å². The summed E-state index contributed by atoms with van der Waals surface area (Å²) in [4.78, 5) is 0. The molecule has 0 spiro atoms. The van der Waals surface area contributed by atoms with E-state index in [4.69, 9.17) is 16.6 Å². The van der Waals surface area contributed by atoms with Crippen LogP contribution >= 0.6 is 12.2 Å². The predicted molar refractivity (Wildman–Crippen MR) is 56.5 cm³/mol. The third-order valence-electron chi connectivity index (χ3n) is 2.24. The molecule has 0 fully saturated rings. The van der Waals surface area contributed by atoms with Gasteiger partial charge in [-0.1, -0.05) is 0 Å². The minimum Gasteiger partial charge on any atom is -0.445 e. The fourth-order valence-electron chi connectivity index (χ4n) is 1.33. The van der Waals surface area contributed by atoms with Crippen molar-refractivity contribution in [2.24, 2.45) is 0 Å². The lowest BCUT2D eigenvalue weighted by atomic mass is 10.1. The molecular weight excluding hydrogens is 180 g/mol. The zero-order chi connectivity index (χ0) is 9.42. The maximum Gasteiger partial charge on any atom is 0.190 e. The van der Waals surface area contributed by atoms with Crippen LogP contribution in [-0.2, 0) is 0 Å². The maximum atomic E-state index is 5.41. The third-order valence-corrected chi connectivity index (χ3v) is 2.46. The summed E-state index contributed by atoms with van der Waals surface area (Å²) in [6.07, 6.45) is 0. The lowest BCUT2D eigenvalue weighted by Gasteiger charge is -2.01. The average molecular weight is 190 g/mol. The van der Waals surface area contributed by atoms with Gasteiger partial charge in [0.2, 0.25) is 0 Å². The molecule has 66 valence electrons. The van der Waals surface area contributed by atoms with E-state index in [2.05, 4.69) is 19.9 Å². The second-order valence-electron chi connectivity index (χ2n) is 3.23. The molecule has 2 heteroatoms. The van der Waals surface area contributed by atoms with E-state index in [1.54, 1.807) is 0 Å². The van der Waals surface area contributed by atoms with Gasteiger partial charge in [-0.05, 0) is 61.5 Å². The van der Waals surface area contributed by atoms with E-state index < -0.39 is 0 Å². The van der Waals surface area contributed by atoms with Gasteiger partial charge >= 0.3 is 0 Å². The van der Waals surface area contributed by atoms with E-state index in [0.29, 0.717) is 4.71 Å². The summed E-state index contributed by atoms with van der Waals surface area (Å²) in [6, 6.07) is 7.95. The molecule has 0 aliphatic rings. The van der Waals surface area contributed by atoms with Crippen LogP contribution in [0.5, 0.6) is 0 Å². The monoisotopic (exact) mass is 190 g/mol. The smallest absolute Gasteiger partial charge is 0.190 e. The summed E-state index contributed by atoms with van der Waals surface area (Å²) in [7, 11) is 0. The SMILES string of the molecule is Cc1cc2ccc(=S)oc2cc1C. The summed E-state index contributed by atoms with van der Waals surface area (Å²) >= 11 is 4.95. The molecule has 1 nitrogen and oxygen atoms in total. The Morgan fingerprint density at radius 1 is 1.08 bits per heavy atom. The number of benzene rings is 1. The first kappa shape index (κ1) is 8.45. The summed E-state index contributed by atoms with van der Waals surface area (Å²) < 4.78 is 5.95. The van der Waals surface area contributed by atoms with Crippen molar-refractivity contribution in [3.8, 4) is 0 Å². The van der Waals surface area contributed by atoms with Crippen LogP contribution < -0.4 is 0 Å². The predicted octanol–water partition coefficient (Wildman–Crippen LogP) is 3.78. The van der Waals surface area contributed by atoms with Crippen LogP contribution in [0.4, 0.5) is 0 Å². The van der Waals surface area contributed by atoms with Crippen LogP contribution in [0.3, 0.4) is 0 Å². The molecule has 1 heterocycles. The van der Waals surface area contributed by atoms with Crippen LogP contribution in [0.25, 0.3) is 11.0 Å². The molecule has 0 N–H and O–H groups in total. The molecule has 1 aromatic heterocycles. The highest BCUT2D eigenvalue weighted by atomic mass is 32.1. The van der Waals surface area contributed by atoms with E-state index in [1.165, 1.54) is 11.1 Å². The van der Waals surface area contributed by atoms with E-state index >= 15 is 0 Å². The van der Waals surface area contributed by atoms with Gasteiger partial charge in [0.1, 0.15) is 5.58 Å². The highest BCUT2D eigenvalue weighted by Gasteiger charge is 1.98. The molecule has 0 unspecified atom stereocenters. The number of hydrogen-bond donors (Lipinski definition) is 0. The van der Waals surface area contributed by atoms with Gasteiger partial charge in [-0.25, -0.2) is 0 Å². The topological polar surface area (TPSA) is 13.1 Å². The fraction of sp³-hybridized carbons (Fsp3) is 0.182. The van der Waals surface area contributed by atoms with Crippen LogP contribution in [0, 0.1) is 18.6 Å². The minimum absolute atomic E-state index is 0.538. The van der Waals surface area contributed by atoms with Crippen molar-refractivity contribution in [3.05, 3.63) is 40.1 Å². The Morgan fingerprint density at radius 3 is 2.54 bits per heavy atom. The van der Waals surface area contributed by atoms with Gasteiger partial charge in [-0.3, -0.25) is 0 Å². The summed E-state index contributed by atoms with van der Waals surface area (Å²) in [6.45, 7) is 4.16. The number of rotatable bonds is 0. The Morgan fingerprint density at radius 2 is 1.77 bits per heavy atom. The van der Waals surface area contributed by atoms with Crippen LogP contribution in [0.2, 0.25) is 0 Å². The molecular formula is C11H10OS. The zero-order valence-corrected chi connectivity index (χ0v) is 8.44. The zero-order valence-electron chi connectivity index (χ0n) is 7.63. The second kappa shape index (κ2) is 2.96. The van der Waals surface area contributed by atoms with Gasteiger partial charge in [-0.2, -0.15) is 0 Å². The number of aryl methyl sites for hydroxylation is 2. The standard InChI is InChI=1S/C11H10OS/c1-7-5-9-3-4-11(13)12-10(9)6-8(7)2/h3-6H,1-2H3. The van der Waals surface area contributed by atoms with Crippen molar-refractivity contribution in [1.82, 2.24) is 0 Å².